The fourth-order valence-electron chi connectivity index (χ4n) is 2.29. The summed E-state index contributed by atoms with van der Waals surface area (Å²) in [4.78, 5) is 4.27. The van der Waals surface area contributed by atoms with E-state index in [0.29, 0.717) is 6.04 Å². The fraction of sp³-hybridized carbons (Fsp3) is 0.727. The predicted molar refractivity (Wildman–Crippen MR) is 54.9 cm³/mol. The van der Waals surface area contributed by atoms with Crippen LogP contribution >= 0.6 is 0 Å². The summed E-state index contributed by atoms with van der Waals surface area (Å²) in [6.07, 6.45) is 9.43. The molecule has 0 amide bonds. The van der Waals surface area contributed by atoms with Crippen LogP contribution in [0, 0.1) is 5.92 Å². The second kappa shape index (κ2) is 3.39. The highest BCUT2D eigenvalue weighted by Gasteiger charge is 2.25. The molecular formula is C11H17N3. The van der Waals surface area contributed by atoms with Crippen LogP contribution in [0.4, 0.5) is 0 Å². The molecule has 1 aromatic rings. The summed E-state index contributed by atoms with van der Waals surface area (Å²) in [5, 5.41) is 3.53. The van der Waals surface area contributed by atoms with E-state index in [4.69, 9.17) is 0 Å². The Balaban J connectivity index is 1.77. The topological polar surface area (TPSA) is 29.9 Å². The lowest BCUT2D eigenvalue weighted by molar-refractivity contribution is 0.539. The molecule has 2 aliphatic rings. The highest BCUT2D eigenvalue weighted by atomic mass is 15.1. The molecule has 0 aromatic carbocycles. The van der Waals surface area contributed by atoms with Gasteiger partial charge in [0.15, 0.2) is 0 Å². The molecule has 1 saturated carbocycles. The molecule has 14 heavy (non-hydrogen) atoms. The van der Waals surface area contributed by atoms with Crippen molar-refractivity contribution in [3.8, 4) is 0 Å². The zero-order valence-corrected chi connectivity index (χ0v) is 8.45. The van der Waals surface area contributed by atoms with Crippen molar-refractivity contribution in [2.45, 2.75) is 38.3 Å². The second-order valence-electron chi connectivity index (χ2n) is 4.56. The average molecular weight is 191 g/mol. The van der Waals surface area contributed by atoms with Gasteiger partial charge in [-0.05, 0) is 38.1 Å². The zero-order chi connectivity index (χ0) is 9.38. The summed E-state index contributed by atoms with van der Waals surface area (Å²) in [5.41, 5.74) is 1.40. The molecule has 0 radical (unpaired) electrons. The predicted octanol–water partition coefficient (Wildman–Crippen LogP) is 1.72. The van der Waals surface area contributed by atoms with Gasteiger partial charge in [0.2, 0.25) is 0 Å². The van der Waals surface area contributed by atoms with Gasteiger partial charge in [0.25, 0.3) is 0 Å². The van der Waals surface area contributed by atoms with Gasteiger partial charge in [0, 0.05) is 18.8 Å². The minimum absolute atomic E-state index is 0.566. The van der Waals surface area contributed by atoms with Gasteiger partial charge in [-0.15, -0.1) is 0 Å². The molecule has 0 spiro atoms. The molecule has 3 heteroatoms. The Labute approximate surface area is 84.5 Å². The van der Waals surface area contributed by atoms with Crippen LogP contribution < -0.4 is 5.32 Å². The Kier molecular flexibility index (Phi) is 2.05. The third-order valence-corrected chi connectivity index (χ3v) is 3.31. The highest BCUT2D eigenvalue weighted by molar-refractivity contribution is 5.07. The molecule has 2 fully saturated rings. The molecule has 1 atom stereocenters. The summed E-state index contributed by atoms with van der Waals surface area (Å²) >= 11 is 0. The fourth-order valence-corrected chi connectivity index (χ4v) is 2.29. The van der Waals surface area contributed by atoms with Crippen LogP contribution in [-0.4, -0.2) is 16.1 Å². The molecule has 0 unspecified atom stereocenters. The lowest BCUT2D eigenvalue weighted by Crippen LogP contribution is -2.17. The van der Waals surface area contributed by atoms with Gasteiger partial charge in [-0.3, -0.25) is 0 Å². The minimum atomic E-state index is 0.566. The van der Waals surface area contributed by atoms with Gasteiger partial charge in [-0.1, -0.05) is 0 Å². The SMILES string of the molecule is c1ncn(CC2CC2)c1[C@@H]1CCCN1. The number of hydrogen-bond acceptors (Lipinski definition) is 2. The van der Waals surface area contributed by atoms with Crippen molar-refractivity contribution in [1.29, 1.82) is 0 Å². The maximum absolute atomic E-state index is 4.27. The first-order valence-electron chi connectivity index (χ1n) is 5.67. The molecular weight excluding hydrogens is 174 g/mol. The number of rotatable bonds is 3. The minimum Gasteiger partial charge on any atom is -0.333 e. The van der Waals surface area contributed by atoms with Crippen LogP contribution in [0.25, 0.3) is 0 Å². The standard InChI is InChI=1S/C11H17N3/c1-2-10(13-5-1)11-6-12-8-14(11)7-9-3-4-9/h6,8-10,13H,1-5,7H2/t10-/m0/s1. The van der Waals surface area contributed by atoms with Crippen molar-refractivity contribution in [3.63, 3.8) is 0 Å². The van der Waals surface area contributed by atoms with Crippen molar-refractivity contribution in [2.24, 2.45) is 5.92 Å². The molecule has 0 bridgehead atoms. The van der Waals surface area contributed by atoms with Crippen LogP contribution in [0.3, 0.4) is 0 Å². The van der Waals surface area contributed by atoms with E-state index in [2.05, 4.69) is 14.9 Å². The van der Waals surface area contributed by atoms with Gasteiger partial charge < -0.3 is 9.88 Å². The third kappa shape index (κ3) is 1.57. The maximum Gasteiger partial charge on any atom is 0.0948 e. The summed E-state index contributed by atoms with van der Waals surface area (Å²) < 4.78 is 2.35. The average Bonchev–Trinajstić information content (AvgIpc) is 2.68. The molecule has 3 nitrogen and oxygen atoms in total. The first kappa shape index (κ1) is 8.48. The van der Waals surface area contributed by atoms with E-state index in [9.17, 15) is 0 Å². The Bertz CT molecular complexity index is 308. The lowest BCUT2D eigenvalue weighted by Gasteiger charge is -2.13. The molecule has 1 aliphatic carbocycles. The molecule has 2 heterocycles. The Hall–Kier alpha value is -0.830. The molecule has 3 rings (SSSR count). The van der Waals surface area contributed by atoms with Crippen molar-refractivity contribution in [3.05, 3.63) is 18.2 Å². The maximum atomic E-state index is 4.27. The number of aromatic nitrogens is 2. The summed E-state index contributed by atoms with van der Waals surface area (Å²) in [6, 6.07) is 0.566. The Morgan fingerprint density at radius 1 is 1.43 bits per heavy atom. The van der Waals surface area contributed by atoms with Crippen molar-refractivity contribution >= 4 is 0 Å². The van der Waals surface area contributed by atoms with E-state index in [1.165, 1.54) is 44.5 Å². The summed E-state index contributed by atoms with van der Waals surface area (Å²) in [5.74, 6) is 0.935. The van der Waals surface area contributed by atoms with Crippen molar-refractivity contribution in [1.82, 2.24) is 14.9 Å². The van der Waals surface area contributed by atoms with Gasteiger partial charge in [-0.25, -0.2) is 4.98 Å². The summed E-state index contributed by atoms with van der Waals surface area (Å²) in [7, 11) is 0. The summed E-state index contributed by atoms with van der Waals surface area (Å²) in [6.45, 7) is 2.35. The second-order valence-corrected chi connectivity index (χ2v) is 4.56. The molecule has 76 valence electrons. The monoisotopic (exact) mass is 191 g/mol. The highest BCUT2D eigenvalue weighted by Crippen LogP contribution is 2.32. The number of imidazole rings is 1. The van der Waals surface area contributed by atoms with E-state index in [1.807, 2.05) is 12.5 Å². The largest absolute Gasteiger partial charge is 0.333 e. The van der Waals surface area contributed by atoms with Crippen molar-refractivity contribution < 1.29 is 0 Å². The first-order valence-corrected chi connectivity index (χ1v) is 5.67. The molecule has 1 aliphatic heterocycles. The van der Waals surface area contributed by atoms with Crippen LogP contribution in [0.2, 0.25) is 0 Å². The molecule has 1 saturated heterocycles. The van der Waals surface area contributed by atoms with Gasteiger partial charge >= 0.3 is 0 Å². The van der Waals surface area contributed by atoms with Crippen LogP contribution in [0.15, 0.2) is 12.5 Å². The Morgan fingerprint density at radius 2 is 2.36 bits per heavy atom. The van der Waals surface area contributed by atoms with Gasteiger partial charge in [0.05, 0.1) is 12.0 Å². The van der Waals surface area contributed by atoms with Crippen LogP contribution in [0.1, 0.15) is 37.4 Å². The van der Waals surface area contributed by atoms with E-state index in [-0.39, 0.29) is 0 Å². The first-order chi connectivity index (χ1) is 6.93. The zero-order valence-electron chi connectivity index (χ0n) is 8.45. The third-order valence-electron chi connectivity index (χ3n) is 3.31. The van der Waals surface area contributed by atoms with Crippen LogP contribution in [0.5, 0.6) is 0 Å². The molecule has 1 N–H and O–H groups in total. The number of nitrogens with one attached hydrogen (secondary N) is 1. The van der Waals surface area contributed by atoms with E-state index in [0.717, 1.165) is 5.92 Å². The van der Waals surface area contributed by atoms with Gasteiger partial charge in [-0.2, -0.15) is 0 Å². The lowest BCUT2D eigenvalue weighted by atomic mass is 10.2. The Morgan fingerprint density at radius 3 is 3.07 bits per heavy atom. The van der Waals surface area contributed by atoms with Crippen LogP contribution in [-0.2, 0) is 6.54 Å². The quantitative estimate of drug-likeness (QED) is 0.788. The van der Waals surface area contributed by atoms with Gasteiger partial charge in [0.1, 0.15) is 0 Å². The number of nitrogens with zero attached hydrogens (tertiary/aromatic N) is 2. The van der Waals surface area contributed by atoms with E-state index < -0.39 is 0 Å². The molecule has 1 aromatic heterocycles. The smallest absolute Gasteiger partial charge is 0.0948 e. The van der Waals surface area contributed by atoms with Crippen molar-refractivity contribution in [2.75, 3.05) is 6.54 Å². The van der Waals surface area contributed by atoms with E-state index >= 15 is 0 Å². The normalized spacial score (nSPS) is 27.0. The number of hydrogen-bond donors (Lipinski definition) is 1. The van der Waals surface area contributed by atoms with E-state index in [1.54, 1.807) is 0 Å².